The smallest absolute Gasteiger partial charge is 0.243 e. The minimum Gasteiger partial charge on any atom is -0.441 e. The van der Waals surface area contributed by atoms with Crippen molar-refractivity contribution in [3.63, 3.8) is 0 Å². The molecule has 7 nitrogen and oxygen atoms in total. The summed E-state index contributed by atoms with van der Waals surface area (Å²) in [6.45, 7) is 7.14. The van der Waals surface area contributed by atoms with E-state index >= 15 is 0 Å². The number of carbonyl (C=O) groups excluding carboxylic acids is 1. The van der Waals surface area contributed by atoms with Crippen molar-refractivity contribution in [2.75, 3.05) is 26.2 Å². The van der Waals surface area contributed by atoms with Gasteiger partial charge in [-0.3, -0.25) is 4.79 Å². The summed E-state index contributed by atoms with van der Waals surface area (Å²) < 4.78 is 32.8. The molecule has 2 aromatic rings. The largest absolute Gasteiger partial charge is 0.441 e. The van der Waals surface area contributed by atoms with Crippen LogP contribution in [-0.4, -0.2) is 54.7 Å². The molecule has 0 N–H and O–H groups in total. The number of sulfonamides is 1. The molecule has 1 amide bonds. The minimum absolute atomic E-state index is 0.0674. The number of fused-ring (bicyclic) bond motifs is 1. The van der Waals surface area contributed by atoms with Crippen molar-refractivity contribution in [3.05, 3.63) is 24.1 Å². The number of amides is 1. The standard InChI is InChI=1S/C17H23N3O4S/c1-12(2)17(21)19-7-4-8-20(10-9-19)25(22,23)14-5-6-15-16(11-14)24-13(3)18-15/h5-6,11-12H,4,7-10H2,1-3H3. The third kappa shape index (κ3) is 3.55. The maximum atomic E-state index is 13.0. The van der Waals surface area contributed by atoms with Crippen LogP contribution in [0, 0.1) is 12.8 Å². The highest BCUT2D eigenvalue weighted by Gasteiger charge is 2.29. The summed E-state index contributed by atoms with van der Waals surface area (Å²) in [6.07, 6.45) is 0.626. The van der Waals surface area contributed by atoms with Gasteiger partial charge in [0.2, 0.25) is 15.9 Å². The van der Waals surface area contributed by atoms with Gasteiger partial charge in [0.15, 0.2) is 11.5 Å². The van der Waals surface area contributed by atoms with Gasteiger partial charge in [0.25, 0.3) is 0 Å². The topological polar surface area (TPSA) is 83.7 Å². The van der Waals surface area contributed by atoms with E-state index in [0.717, 1.165) is 0 Å². The maximum Gasteiger partial charge on any atom is 0.243 e. The molecule has 0 aliphatic carbocycles. The molecule has 3 rings (SSSR count). The number of hydrogen-bond donors (Lipinski definition) is 0. The van der Waals surface area contributed by atoms with Crippen molar-refractivity contribution in [2.24, 2.45) is 5.92 Å². The zero-order valence-corrected chi connectivity index (χ0v) is 15.5. The van der Waals surface area contributed by atoms with E-state index in [9.17, 15) is 13.2 Å². The van der Waals surface area contributed by atoms with Gasteiger partial charge in [-0.2, -0.15) is 4.31 Å². The first-order chi connectivity index (χ1) is 11.8. The van der Waals surface area contributed by atoms with Crippen LogP contribution >= 0.6 is 0 Å². The molecule has 1 aliphatic rings. The molecular weight excluding hydrogens is 342 g/mol. The lowest BCUT2D eigenvalue weighted by molar-refractivity contribution is -0.134. The lowest BCUT2D eigenvalue weighted by Gasteiger charge is -2.23. The number of nitrogens with zero attached hydrogens (tertiary/aromatic N) is 3. The second-order valence-electron chi connectivity index (χ2n) is 6.60. The van der Waals surface area contributed by atoms with Crippen molar-refractivity contribution >= 4 is 27.0 Å². The van der Waals surface area contributed by atoms with Gasteiger partial charge in [0.05, 0.1) is 4.90 Å². The summed E-state index contributed by atoms with van der Waals surface area (Å²) in [7, 11) is -3.63. The molecule has 1 fully saturated rings. The highest BCUT2D eigenvalue weighted by molar-refractivity contribution is 7.89. The van der Waals surface area contributed by atoms with Crippen LogP contribution in [0.25, 0.3) is 11.1 Å². The van der Waals surface area contributed by atoms with Crippen LogP contribution in [-0.2, 0) is 14.8 Å². The number of oxazole rings is 1. The van der Waals surface area contributed by atoms with Gasteiger partial charge in [-0.1, -0.05) is 13.8 Å². The quantitative estimate of drug-likeness (QED) is 0.831. The molecule has 8 heteroatoms. The molecule has 0 bridgehead atoms. The average molecular weight is 365 g/mol. The summed E-state index contributed by atoms with van der Waals surface area (Å²) in [5, 5.41) is 0. The predicted molar refractivity (Wildman–Crippen MR) is 93.5 cm³/mol. The fourth-order valence-electron chi connectivity index (χ4n) is 3.05. The Morgan fingerprint density at radius 3 is 2.68 bits per heavy atom. The van der Waals surface area contributed by atoms with Gasteiger partial charge in [0, 0.05) is 45.1 Å². The maximum absolute atomic E-state index is 13.0. The van der Waals surface area contributed by atoms with Crippen molar-refractivity contribution in [1.29, 1.82) is 0 Å². The summed E-state index contributed by atoms with van der Waals surface area (Å²) >= 11 is 0. The van der Waals surface area contributed by atoms with Crippen molar-refractivity contribution in [3.8, 4) is 0 Å². The molecule has 1 saturated heterocycles. The zero-order valence-electron chi connectivity index (χ0n) is 14.7. The first-order valence-corrected chi connectivity index (χ1v) is 9.89. The molecule has 1 aliphatic heterocycles. The Morgan fingerprint density at radius 1 is 1.20 bits per heavy atom. The SMILES string of the molecule is Cc1nc2ccc(S(=O)(=O)N3CCCN(C(=O)C(C)C)CC3)cc2o1. The van der Waals surface area contributed by atoms with Crippen LogP contribution in [0.4, 0.5) is 0 Å². The lowest BCUT2D eigenvalue weighted by Crippen LogP contribution is -2.38. The Kier molecular flexibility index (Phi) is 4.83. The molecular formula is C17H23N3O4S. The minimum atomic E-state index is -3.63. The summed E-state index contributed by atoms with van der Waals surface area (Å²) in [5.74, 6) is 0.486. The van der Waals surface area contributed by atoms with E-state index < -0.39 is 10.0 Å². The normalized spacial score (nSPS) is 17.2. The van der Waals surface area contributed by atoms with E-state index in [0.29, 0.717) is 49.6 Å². The first kappa shape index (κ1) is 17.9. The Balaban J connectivity index is 1.82. The molecule has 0 saturated carbocycles. The molecule has 1 aromatic carbocycles. The lowest BCUT2D eigenvalue weighted by atomic mass is 10.2. The van der Waals surface area contributed by atoms with Gasteiger partial charge in [-0.15, -0.1) is 0 Å². The summed E-state index contributed by atoms with van der Waals surface area (Å²) in [5.41, 5.74) is 1.10. The van der Waals surface area contributed by atoms with Crippen LogP contribution in [0.2, 0.25) is 0 Å². The van der Waals surface area contributed by atoms with E-state index in [1.165, 1.54) is 10.4 Å². The van der Waals surface area contributed by atoms with E-state index in [2.05, 4.69) is 4.98 Å². The van der Waals surface area contributed by atoms with Gasteiger partial charge < -0.3 is 9.32 Å². The van der Waals surface area contributed by atoms with Gasteiger partial charge in [-0.25, -0.2) is 13.4 Å². The number of hydrogen-bond acceptors (Lipinski definition) is 5. The van der Waals surface area contributed by atoms with E-state index in [4.69, 9.17) is 4.42 Å². The van der Waals surface area contributed by atoms with Gasteiger partial charge in [-0.05, 0) is 18.6 Å². The second-order valence-corrected chi connectivity index (χ2v) is 8.54. The number of rotatable bonds is 3. The van der Waals surface area contributed by atoms with Crippen molar-refractivity contribution < 1.29 is 17.6 Å². The van der Waals surface area contributed by atoms with Crippen molar-refractivity contribution in [1.82, 2.24) is 14.2 Å². The van der Waals surface area contributed by atoms with Crippen molar-refractivity contribution in [2.45, 2.75) is 32.1 Å². The number of carbonyl (C=O) groups is 1. The first-order valence-electron chi connectivity index (χ1n) is 8.45. The third-order valence-corrected chi connectivity index (χ3v) is 6.26. The molecule has 0 atom stereocenters. The number of aryl methyl sites for hydroxylation is 1. The van der Waals surface area contributed by atoms with E-state index in [1.807, 2.05) is 13.8 Å². The fourth-order valence-corrected chi connectivity index (χ4v) is 4.53. The van der Waals surface area contributed by atoms with Crippen LogP contribution in [0.5, 0.6) is 0 Å². The summed E-state index contributed by atoms with van der Waals surface area (Å²) in [4.78, 5) is 18.3. The van der Waals surface area contributed by atoms with Gasteiger partial charge >= 0.3 is 0 Å². The Morgan fingerprint density at radius 2 is 1.96 bits per heavy atom. The van der Waals surface area contributed by atoms with E-state index in [1.54, 1.807) is 24.0 Å². The summed E-state index contributed by atoms with van der Waals surface area (Å²) in [6, 6.07) is 4.74. The zero-order chi connectivity index (χ0) is 18.2. The highest BCUT2D eigenvalue weighted by atomic mass is 32.2. The van der Waals surface area contributed by atoms with Gasteiger partial charge in [0.1, 0.15) is 5.52 Å². The average Bonchev–Trinajstić information content (AvgIpc) is 2.77. The third-order valence-electron chi connectivity index (χ3n) is 4.37. The Hall–Kier alpha value is -1.93. The molecule has 25 heavy (non-hydrogen) atoms. The monoisotopic (exact) mass is 365 g/mol. The van der Waals surface area contributed by atoms with Crippen LogP contribution in [0.1, 0.15) is 26.2 Å². The molecule has 0 radical (unpaired) electrons. The second kappa shape index (κ2) is 6.76. The van der Waals surface area contributed by atoms with Crippen LogP contribution in [0.15, 0.2) is 27.5 Å². The van der Waals surface area contributed by atoms with E-state index in [-0.39, 0.29) is 16.7 Å². The predicted octanol–water partition coefficient (Wildman–Crippen LogP) is 2.02. The molecule has 2 heterocycles. The molecule has 1 aromatic heterocycles. The fraction of sp³-hybridized carbons (Fsp3) is 0.529. The molecule has 136 valence electrons. The Labute approximate surface area is 147 Å². The van der Waals surface area contributed by atoms with Crippen LogP contribution in [0.3, 0.4) is 0 Å². The van der Waals surface area contributed by atoms with Crippen LogP contribution < -0.4 is 0 Å². The highest BCUT2D eigenvalue weighted by Crippen LogP contribution is 2.23. The molecule has 0 unspecified atom stereocenters. The Bertz CT molecular complexity index is 888. The number of benzene rings is 1. The molecule has 0 spiro atoms. The number of aromatic nitrogens is 1.